The van der Waals surface area contributed by atoms with E-state index in [0.717, 1.165) is 17.0 Å². The van der Waals surface area contributed by atoms with E-state index in [4.69, 9.17) is 14.2 Å². The van der Waals surface area contributed by atoms with Crippen LogP contribution in [0.1, 0.15) is 11.3 Å². The van der Waals surface area contributed by atoms with Gasteiger partial charge in [-0.25, -0.2) is 0 Å². The lowest BCUT2D eigenvalue weighted by Gasteiger charge is -2.14. The Hall–Kier alpha value is -2.34. The molecule has 0 bridgehead atoms. The van der Waals surface area contributed by atoms with Gasteiger partial charge in [-0.3, -0.25) is 0 Å². The Morgan fingerprint density at radius 2 is 1.67 bits per heavy atom. The van der Waals surface area contributed by atoms with E-state index < -0.39 is 0 Å². The molecule has 6 nitrogen and oxygen atoms in total. The summed E-state index contributed by atoms with van der Waals surface area (Å²) in [5.41, 5.74) is 1.87. The molecule has 6 heteroatoms. The first-order valence-electron chi connectivity index (χ1n) is 6.54. The predicted octanol–water partition coefficient (Wildman–Crippen LogP) is 1.79. The maximum absolute atomic E-state index is 5.39. The highest BCUT2D eigenvalue weighted by Gasteiger charge is 2.11. The summed E-state index contributed by atoms with van der Waals surface area (Å²) in [6.07, 6.45) is 1.65. The molecule has 0 radical (unpaired) electrons. The molecule has 0 atom stereocenters. The largest absolute Gasteiger partial charge is 0.496 e. The molecule has 0 saturated carbocycles. The zero-order valence-corrected chi connectivity index (χ0v) is 12.4. The van der Waals surface area contributed by atoms with Gasteiger partial charge in [0, 0.05) is 30.9 Å². The maximum Gasteiger partial charge on any atom is 0.164 e. The van der Waals surface area contributed by atoms with E-state index in [9.17, 15) is 0 Å². The number of nitrogens with one attached hydrogen (secondary N) is 1. The molecule has 1 N–H and O–H groups in total. The second-order valence-electron chi connectivity index (χ2n) is 4.34. The minimum absolute atomic E-state index is 0.625. The van der Waals surface area contributed by atoms with Gasteiger partial charge in [-0.15, -0.1) is 0 Å². The molecule has 0 aliphatic rings. The molecule has 1 aromatic heterocycles. The lowest BCUT2D eigenvalue weighted by molar-refractivity contribution is 0.347. The lowest BCUT2D eigenvalue weighted by atomic mass is 10.1. The van der Waals surface area contributed by atoms with Crippen LogP contribution in [0.15, 0.2) is 30.5 Å². The SMILES string of the molecule is COc1cc(OC)c(OC)cc1CNCc1cccnn1. The van der Waals surface area contributed by atoms with Crippen LogP contribution in [0.4, 0.5) is 0 Å². The van der Waals surface area contributed by atoms with E-state index in [0.29, 0.717) is 24.6 Å². The number of aromatic nitrogens is 2. The molecule has 112 valence electrons. The van der Waals surface area contributed by atoms with Crippen LogP contribution in [0.3, 0.4) is 0 Å². The summed E-state index contributed by atoms with van der Waals surface area (Å²) in [4.78, 5) is 0. The molecule has 0 aliphatic heterocycles. The third-order valence-corrected chi connectivity index (χ3v) is 3.04. The molecule has 0 aliphatic carbocycles. The predicted molar refractivity (Wildman–Crippen MR) is 78.7 cm³/mol. The Labute approximate surface area is 124 Å². The smallest absolute Gasteiger partial charge is 0.164 e. The number of benzene rings is 1. The summed E-state index contributed by atoms with van der Waals surface area (Å²) in [6.45, 7) is 1.26. The number of methoxy groups -OCH3 is 3. The molecule has 2 aromatic rings. The van der Waals surface area contributed by atoms with Crippen LogP contribution >= 0.6 is 0 Å². The molecule has 21 heavy (non-hydrogen) atoms. The van der Waals surface area contributed by atoms with Gasteiger partial charge in [-0.05, 0) is 18.2 Å². The average Bonchev–Trinajstić information content (AvgIpc) is 2.55. The van der Waals surface area contributed by atoms with E-state index >= 15 is 0 Å². The van der Waals surface area contributed by atoms with Gasteiger partial charge in [0.05, 0.1) is 27.0 Å². The van der Waals surface area contributed by atoms with Gasteiger partial charge in [0.1, 0.15) is 5.75 Å². The van der Waals surface area contributed by atoms with Crippen LogP contribution in [0.2, 0.25) is 0 Å². The molecule has 0 amide bonds. The van der Waals surface area contributed by atoms with Crippen molar-refractivity contribution < 1.29 is 14.2 Å². The maximum atomic E-state index is 5.39. The highest BCUT2D eigenvalue weighted by atomic mass is 16.5. The molecule has 1 aromatic carbocycles. The van der Waals surface area contributed by atoms with Crippen molar-refractivity contribution in [2.75, 3.05) is 21.3 Å². The van der Waals surface area contributed by atoms with Gasteiger partial charge in [-0.1, -0.05) is 0 Å². The van der Waals surface area contributed by atoms with Crippen LogP contribution in [0.5, 0.6) is 17.2 Å². The summed E-state index contributed by atoms with van der Waals surface area (Å²) < 4.78 is 16.0. The molecule has 0 saturated heterocycles. The van der Waals surface area contributed by atoms with Crippen molar-refractivity contribution in [2.24, 2.45) is 0 Å². The molecular formula is C15H19N3O3. The van der Waals surface area contributed by atoms with Gasteiger partial charge in [0.25, 0.3) is 0 Å². The first-order valence-corrected chi connectivity index (χ1v) is 6.54. The Morgan fingerprint density at radius 1 is 0.952 bits per heavy atom. The van der Waals surface area contributed by atoms with Crippen LogP contribution in [-0.4, -0.2) is 31.5 Å². The number of rotatable bonds is 7. The fourth-order valence-electron chi connectivity index (χ4n) is 1.98. The van der Waals surface area contributed by atoms with E-state index in [2.05, 4.69) is 15.5 Å². The summed E-state index contributed by atoms with van der Waals surface area (Å²) in [5, 5.41) is 11.2. The zero-order chi connectivity index (χ0) is 15.1. The van der Waals surface area contributed by atoms with E-state index in [-0.39, 0.29) is 0 Å². The first kappa shape index (κ1) is 15.1. The first-order chi connectivity index (χ1) is 10.3. The molecule has 0 spiro atoms. The molecule has 0 fully saturated rings. The minimum atomic E-state index is 0.625. The third kappa shape index (κ3) is 3.82. The van der Waals surface area contributed by atoms with Crippen LogP contribution in [-0.2, 0) is 13.1 Å². The van der Waals surface area contributed by atoms with E-state index in [1.807, 2.05) is 24.3 Å². The van der Waals surface area contributed by atoms with Gasteiger partial charge in [-0.2, -0.15) is 10.2 Å². The van der Waals surface area contributed by atoms with Crippen molar-refractivity contribution in [1.82, 2.24) is 15.5 Å². The van der Waals surface area contributed by atoms with Crippen molar-refractivity contribution >= 4 is 0 Å². The normalized spacial score (nSPS) is 10.2. The van der Waals surface area contributed by atoms with Gasteiger partial charge < -0.3 is 19.5 Å². The number of nitrogens with zero attached hydrogens (tertiary/aromatic N) is 2. The topological polar surface area (TPSA) is 65.5 Å². The van der Waals surface area contributed by atoms with E-state index in [1.54, 1.807) is 27.5 Å². The minimum Gasteiger partial charge on any atom is -0.496 e. The lowest BCUT2D eigenvalue weighted by Crippen LogP contribution is -2.14. The van der Waals surface area contributed by atoms with Crippen LogP contribution in [0, 0.1) is 0 Å². The van der Waals surface area contributed by atoms with Crippen LogP contribution in [0.25, 0.3) is 0 Å². The highest BCUT2D eigenvalue weighted by Crippen LogP contribution is 2.34. The Balaban J connectivity index is 2.08. The van der Waals surface area contributed by atoms with E-state index in [1.165, 1.54) is 0 Å². The summed E-state index contributed by atoms with van der Waals surface area (Å²) in [6, 6.07) is 7.51. The average molecular weight is 289 g/mol. The second kappa shape index (κ2) is 7.44. The van der Waals surface area contributed by atoms with Gasteiger partial charge in [0.2, 0.25) is 0 Å². The quantitative estimate of drug-likeness (QED) is 0.838. The van der Waals surface area contributed by atoms with Crippen molar-refractivity contribution in [3.05, 3.63) is 41.7 Å². The summed E-state index contributed by atoms with van der Waals surface area (Å²) in [7, 11) is 4.85. The fourth-order valence-corrected chi connectivity index (χ4v) is 1.98. The standard InChI is InChI=1S/C15H19N3O3/c1-19-13-8-15(21-3)14(20-2)7-11(13)9-16-10-12-5-4-6-17-18-12/h4-8,16H,9-10H2,1-3H3. The number of ether oxygens (including phenoxy) is 3. The number of hydrogen-bond donors (Lipinski definition) is 1. The molecule has 1 heterocycles. The monoisotopic (exact) mass is 289 g/mol. The zero-order valence-electron chi connectivity index (χ0n) is 12.4. The fraction of sp³-hybridized carbons (Fsp3) is 0.333. The molecule has 2 rings (SSSR count). The third-order valence-electron chi connectivity index (χ3n) is 3.04. The van der Waals surface area contributed by atoms with Gasteiger partial charge >= 0.3 is 0 Å². The Bertz CT molecular complexity index is 576. The molecular weight excluding hydrogens is 270 g/mol. The second-order valence-corrected chi connectivity index (χ2v) is 4.34. The Kier molecular flexibility index (Phi) is 5.34. The van der Waals surface area contributed by atoms with Crippen molar-refractivity contribution in [3.63, 3.8) is 0 Å². The highest BCUT2D eigenvalue weighted by molar-refractivity contribution is 5.50. The Morgan fingerprint density at radius 3 is 2.29 bits per heavy atom. The molecule has 0 unspecified atom stereocenters. The van der Waals surface area contributed by atoms with Crippen molar-refractivity contribution in [2.45, 2.75) is 13.1 Å². The van der Waals surface area contributed by atoms with Crippen LogP contribution < -0.4 is 19.5 Å². The summed E-state index contributed by atoms with van der Waals surface area (Å²) >= 11 is 0. The van der Waals surface area contributed by atoms with Crippen molar-refractivity contribution in [3.8, 4) is 17.2 Å². The summed E-state index contributed by atoms with van der Waals surface area (Å²) in [5.74, 6) is 2.07. The van der Waals surface area contributed by atoms with Crippen molar-refractivity contribution in [1.29, 1.82) is 0 Å². The number of hydrogen-bond acceptors (Lipinski definition) is 6. The van der Waals surface area contributed by atoms with Gasteiger partial charge in [0.15, 0.2) is 11.5 Å².